The molecule has 0 radical (unpaired) electrons. The highest BCUT2D eigenvalue weighted by atomic mass is 35.5. The molecule has 2 N–H and O–H groups in total. The van der Waals surface area contributed by atoms with Gasteiger partial charge in [0.05, 0.1) is 4.90 Å². The summed E-state index contributed by atoms with van der Waals surface area (Å²) in [5.41, 5.74) is 6.02. The van der Waals surface area contributed by atoms with E-state index in [1.165, 1.54) is 4.31 Å². The number of hydrogen-bond donors (Lipinski definition) is 1. The summed E-state index contributed by atoms with van der Waals surface area (Å²) in [6, 6.07) is 4.94. The molecule has 20 heavy (non-hydrogen) atoms. The van der Waals surface area contributed by atoms with Crippen LogP contribution in [0.25, 0.3) is 0 Å². The molecule has 6 heteroatoms. The smallest absolute Gasteiger partial charge is 0.243 e. The van der Waals surface area contributed by atoms with E-state index < -0.39 is 10.0 Å². The molecule has 0 heterocycles. The van der Waals surface area contributed by atoms with E-state index in [1.807, 2.05) is 20.8 Å². The summed E-state index contributed by atoms with van der Waals surface area (Å²) in [6.07, 6.45) is 0. The van der Waals surface area contributed by atoms with Gasteiger partial charge in [0, 0.05) is 18.1 Å². The van der Waals surface area contributed by atoms with Crippen molar-refractivity contribution in [1.29, 1.82) is 0 Å². The van der Waals surface area contributed by atoms with E-state index in [4.69, 9.17) is 17.3 Å². The Morgan fingerprint density at radius 2 is 1.95 bits per heavy atom. The largest absolute Gasteiger partial charge is 0.330 e. The number of halogens is 1. The van der Waals surface area contributed by atoms with Crippen LogP contribution in [0.2, 0.25) is 5.02 Å². The van der Waals surface area contributed by atoms with Crippen molar-refractivity contribution in [3.8, 4) is 0 Å². The Morgan fingerprint density at radius 1 is 1.35 bits per heavy atom. The van der Waals surface area contributed by atoms with Crippen LogP contribution in [-0.4, -0.2) is 32.4 Å². The lowest BCUT2D eigenvalue weighted by atomic mass is 9.94. The zero-order chi connectivity index (χ0) is 15.6. The van der Waals surface area contributed by atoms with Crippen LogP contribution >= 0.6 is 11.6 Å². The number of nitrogens with zero attached hydrogens (tertiary/aromatic N) is 1. The fraction of sp³-hybridized carbons (Fsp3) is 0.571. The predicted molar refractivity (Wildman–Crippen MR) is 83.5 cm³/mol. The van der Waals surface area contributed by atoms with Crippen molar-refractivity contribution >= 4 is 21.6 Å². The van der Waals surface area contributed by atoms with Gasteiger partial charge in [-0.1, -0.05) is 38.4 Å². The quantitative estimate of drug-likeness (QED) is 0.877. The zero-order valence-electron chi connectivity index (χ0n) is 12.5. The minimum Gasteiger partial charge on any atom is -0.330 e. The molecule has 0 aliphatic carbocycles. The maximum Gasteiger partial charge on any atom is 0.243 e. The third kappa shape index (κ3) is 3.73. The maximum absolute atomic E-state index is 12.8. The fourth-order valence-electron chi connectivity index (χ4n) is 1.91. The SMILES string of the molecule is CCN(CC(C)(C)CN)S(=O)(=O)c1cccc(Cl)c1C. The molecule has 0 saturated heterocycles. The molecule has 0 fully saturated rings. The maximum atomic E-state index is 12.8. The first-order valence-corrected chi connectivity index (χ1v) is 8.43. The van der Waals surface area contributed by atoms with Crippen LogP contribution in [0.5, 0.6) is 0 Å². The van der Waals surface area contributed by atoms with E-state index in [0.29, 0.717) is 30.2 Å². The van der Waals surface area contributed by atoms with Crippen molar-refractivity contribution in [1.82, 2.24) is 4.31 Å². The normalized spacial score (nSPS) is 12.9. The zero-order valence-corrected chi connectivity index (χ0v) is 14.1. The molecule has 1 aromatic rings. The molecule has 1 aromatic carbocycles. The van der Waals surface area contributed by atoms with Crippen LogP contribution in [0.15, 0.2) is 23.1 Å². The van der Waals surface area contributed by atoms with Gasteiger partial charge in [-0.15, -0.1) is 0 Å². The van der Waals surface area contributed by atoms with E-state index in [2.05, 4.69) is 0 Å². The van der Waals surface area contributed by atoms with Crippen LogP contribution in [0, 0.1) is 12.3 Å². The Kier molecular flexibility index (Phi) is 5.61. The molecule has 0 aliphatic rings. The van der Waals surface area contributed by atoms with Crippen LogP contribution in [0.4, 0.5) is 0 Å². The van der Waals surface area contributed by atoms with Gasteiger partial charge in [0.25, 0.3) is 0 Å². The van der Waals surface area contributed by atoms with Crippen molar-refractivity contribution in [3.05, 3.63) is 28.8 Å². The Bertz CT molecular complexity index is 571. The molecular formula is C14H23ClN2O2S. The lowest BCUT2D eigenvalue weighted by molar-refractivity contribution is 0.273. The first-order valence-electron chi connectivity index (χ1n) is 6.61. The second kappa shape index (κ2) is 6.43. The highest BCUT2D eigenvalue weighted by molar-refractivity contribution is 7.89. The molecule has 0 amide bonds. The van der Waals surface area contributed by atoms with E-state index in [0.717, 1.165) is 0 Å². The van der Waals surface area contributed by atoms with Crippen molar-refractivity contribution in [2.24, 2.45) is 11.1 Å². The molecule has 0 aromatic heterocycles. The standard InChI is InChI=1S/C14H23ClN2O2S/c1-5-17(10-14(3,4)9-16)20(18,19)13-8-6-7-12(15)11(13)2/h6-8H,5,9-10,16H2,1-4H3. The van der Waals surface area contributed by atoms with Crippen LogP contribution in [0.3, 0.4) is 0 Å². The number of sulfonamides is 1. The van der Waals surface area contributed by atoms with E-state index in [9.17, 15) is 8.42 Å². The van der Waals surface area contributed by atoms with E-state index >= 15 is 0 Å². The third-order valence-corrected chi connectivity index (χ3v) is 5.82. The average Bonchev–Trinajstić information content (AvgIpc) is 2.38. The molecular weight excluding hydrogens is 296 g/mol. The van der Waals surface area contributed by atoms with Gasteiger partial charge in [-0.25, -0.2) is 8.42 Å². The predicted octanol–water partition coefficient (Wildman–Crippen LogP) is 2.64. The third-order valence-electron chi connectivity index (χ3n) is 3.35. The van der Waals surface area contributed by atoms with Crippen molar-refractivity contribution in [2.45, 2.75) is 32.6 Å². The summed E-state index contributed by atoms with van der Waals surface area (Å²) < 4.78 is 27.0. The molecule has 0 spiro atoms. The summed E-state index contributed by atoms with van der Waals surface area (Å²) in [5.74, 6) is 0. The summed E-state index contributed by atoms with van der Waals surface area (Å²) in [5, 5.41) is 0.459. The number of nitrogens with two attached hydrogens (primary N) is 1. The summed E-state index contributed by atoms with van der Waals surface area (Å²) >= 11 is 6.03. The highest BCUT2D eigenvalue weighted by Crippen LogP contribution is 2.27. The molecule has 4 nitrogen and oxygen atoms in total. The van der Waals surface area contributed by atoms with Gasteiger partial charge in [0.2, 0.25) is 10.0 Å². The summed E-state index contributed by atoms with van der Waals surface area (Å²) in [4.78, 5) is 0.264. The molecule has 0 saturated carbocycles. The van der Waals surface area contributed by atoms with E-state index in [-0.39, 0.29) is 10.3 Å². The second-order valence-corrected chi connectivity index (χ2v) is 7.98. The van der Waals surface area contributed by atoms with Crippen molar-refractivity contribution < 1.29 is 8.42 Å². The molecule has 0 aliphatic heterocycles. The minimum atomic E-state index is -3.55. The molecule has 0 bridgehead atoms. The van der Waals surface area contributed by atoms with Gasteiger partial charge in [0.15, 0.2) is 0 Å². The van der Waals surface area contributed by atoms with Crippen molar-refractivity contribution in [2.75, 3.05) is 19.6 Å². The monoisotopic (exact) mass is 318 g/mol. The number of rotatable bonds is 6. The highest BCUT2D eigenvalue weighted by Gasteiger charge is 2.30. The minimum absolute atomic E-state index is 0.264. The van der Waals surface area contributed by atoms with Crippen LogP contribution in [0.1, 0.15) is 26.3 Å². The molecule has 0 unspecified atom stereocenters. The lowest BCUT2D eigenvalue weighted by Crippen LogP contribution is -2.42. The van der Waals surface area contributed by atoms with Gasteiger partial charge in [-0.3, -0.25) is 0 Å². The van der Waals surface area contributed by atoms with Crippen LogP contribution in [-0.2, 0) is 10.0 Å². The van der Waals surface area contributed by atoms with Gasteiger partial charge in [-0.2, -0.15) is 4.31 Å². The van der Waals surface area contributed by atoms with Crippen LogP contribution < -0.4 is 5.73 Å². The van der Waals surface area contributed by atoms with Gasteiger partial charge >= 0.3 is 0 Å². The Labute approximate surface area is 127 Å². The van der Waals surface area contributed by atoms with Crippen molar-refractivity contribution in [3.63, 3.8) is 0 Å². The molecule has 114 valence electrons. The second-order valence-electron chi connectivity index (χ2n) is 5.66. The van der Waals surface area contributed by atoms with E-state index in [1.54, 1.807) is 25.1 Å². The average molecular weight is 319 g/mol. The molecule has 1 rings (SSSR count). The molecule has 0 atom stereocenters. The van der Waals surface area contributed by atoms with Gasteiger partial charge < -0.3 is 5.73 Å². The fourth-order valence-corrected chi connectivity index (χ4v) is 4.03. The summed E-state index contributed by atoms with van der Waals surface area (Å²) in [7, 11) is -3.55. The Balaban J connectivity index is 3.23. The Morgan fingerprint density at radius 3 is 2.45 bits per heavy atom. The first kappa shape index (κ1) is 17.4. The Hall–Kier alpha value is -0.620. The lowest BCUT2D eigenvalue weighted by Gasteiger charge is -2.30. The van der Waals surface area contributed by atoms with Gasteiger partial charge in [-0.05, 0) is 36.6 Å². The number of hydrogen-bond acceptors (Lipinski definition) is 3. The van der Waals surface area contributed by atoms with Gasteiger partial charge in [0.1, 0.15) is 0 Å². The first-order chi connectivity index (χ1) is 9.15. The number of benzene rings is 1. The topological polar surface area (TPSA) is 63.4 Å². The summed E-state index contributed by atoms with van der Waals surface area (Å²) in [6.45, 7) is 8.66.